The fourth-order valence-corrected chi connectivity index (χ4v) is 2.58. The SMILES string of the molecule is Cc1ccc(C(=O)COC(=O)C[C@H]2Oc3ccccc3NC2=O)cc1C. The highest BCUT2D eigenvalue weighted by atomic mass is 16.5. The van der Waals surface area contributed by atoms with Crippen molar-refractivity contribution in [2.75, 3.05) is 11.9 Å². The smallest absolute Gasteiger partial charge is 0.310 e. The van der Waals surface area contributed by atoms with E-state index in [1.807, 2.05) is 19.9 Å². The molecule has 1 amide bonds. The van der Waals surface area contributed by atoms with Crippen molar-refractivity contribution in [3.63, 3.8) is 0 Å². The predicted octanol–water partition coefficient (Wildman–Crippen LogP) is 2.82. The Morgan fingerprint density at radius 1 is 1.12 bits per heavy atom. The summed E-state index contributed by atoms with van der Waals surface area (Å²) in [5.41, 5.74) is 3.13. The van der Waals surface area contributed by atoms with Crippen molar-refractivity contribution in [2.24, 2.45) is 0 Å². The molecule has 0 spiro atoms. The zero-order valence-corrected chi connectivity index (χ0v) is 14.6. The minimum Gasteiger partial charge on any atom is -0.478 e. The summed E-state index contributed by atoms with van der Waals surface area (Å²) in [6.45, 7) is 3.50. The van der Waals surface area contributed by atoms with Crippen LogP contribution in [0.15, 0.2) is 42.5 Å². The van der Waals surface area contributed by atoms with Crippen LogP contribution >= 0.6 is 0 Å². The summed E-state index contributed by atoms with van der Waals surface area (Å²) in [5, 5.41) is 2.68. The molecule has 6 heteroatoms. The number of ether oxygens (including phenoxy) is 2. The molecule has 0 bridgehead atoms. The highest BCUT2D eigenvalue weighted by molar-refractivity contribution is 6.00. The van der Waals surface area contributed by atoms with E-state index in [0.717, 1.165) is 11.1 Å². The van der Waals surface area contributed by atoms with Crippen LogP contribution in [-0.2, 0) is 14.3 Å². The van der Waals surface area contributed by atoms with Gasteiger partial charge in [-0.15, -0.1) is 0 Å². The summed E-state index contributed by atoms with van der Waals surface area (Å²) < 4.78 is 10.6. The number of para-hydroxylation sites is 2. The van der Waals surface area contributed by atoms with E-state index in [0.29, 0.717) is 17.0 Å². The van der Waals surface area contributed by atoms with Gasteiger partial charge in [0.05, 0.1) is 12.1 Å². The van der Waals surface area contributed by atoms with Gasteiger partial charge in [-0.25, -0.2) is 0 Å². The third kappa shape index (κ3) is 3.91. The zero-order valence-electron chi connectivity index (χ0n) is 14.6. The van der Waals surface area contributed by atoms with Gasteiger partial charge in [0.1, 0.15) is 5.75 Å². The third-order valence-electron chi connectivity index (χ3n) is 4.25. The standard InChI is InChI=1S/C20H19NO5/c1-12-7-8-14(9-13(12)2)16(22)11-25-19(23)10-18-20(24)21-15-5-3-4-6-17(15)26-18/h3-9,18H,10-11H2,1-2H3,(H,21,24)/t18-/m1/s1. The van der Waals surface area contributed by atoms with Crippen LogP contribution < -0.4 is 10.1 Å². The van der Waals surface area contributed by atoms with Crippen molar-refractivity contribution < 1.29 is 23.9 Å². The maximum Gasteiger partial charge on any atom is 0.310 e. The summed E-state index contributed by atoms with van der Waals surface area (Å²) >= 11 is 0. The fraction of sp³-hybridized carbons (Fsp3) is 0.250. The van der Waals surface area contributed by atoms with Crippen LogP contribution in [0.4, 0.5) is 5.69 Å². The molecule has 1 atom stereocenters. The predicted molar refractivity (Wildman–Crippen MR) is 95.3 cm³/mol. The van der Waals surface area contributed by atoms with Crippen LogP contribution in [0.25, 0.3) is 0 Å². The number of aryl methyl sites for hydroxylation is 2. The molecule has 2 aromatic carbocycles. The van der Waals surface area contributed by atoms with Crippen LogP contribution in [0, 0.1) is 13.8 Å². The Balaban J connectivity index is 1.55. The molecule has 1 aliphatic heterocycles. The molecule has 1 heterocycles. The number of carbonyl (C=O) groups is 3. The second-order valence-corrected chi connectivity index (χ2v) is 6.18. The fourth-order valence-electron chi connectivity index (χ4n) is 2.58. The van der Waals surface area contributed by atoms with Gasteiger partial charge in [0.15, 0.2) is 18.5 Å². The van der Waals surface area contributed by atoms with E-state index in [2.05, 4.69) is 5.32 Å². The Labute approximate surface area is 151 Å². The van der Waals surface area contributed by atoms with Gasteiger partial charge in [0.25, 0.3) is 5.91 Å². The number of Topliss-reactive ketones (excluding diaryl/α,β-unsaturated/α-hetero) is 1. The first-order valence-electron chi connectivity index (χ1n) is 8.26. The number of rotatable bonds is 5. The Hall–Kier alpha value is -3.15. The molecule has 1 aliphatic rings. The van der Waals surface area contributed by atoms with E-state index in [1.165, 1.54) is 0 Å². The van der Waals surface area contributed by atoms with Crippen LogP contribution in [0.5, 0.6) is 5.75 Å². The molecular formula is C20H19NO5. The minimum absolute atomic E-state index is 0.264. The lowest BCUT2D eigenvalue weighted by molar-refractivity contribution is -0.146. The van der Waals surface area contributed by atoms with E-state index >= 15 is 0 Å². The average Bonchev–Trinajstić information content (AvgIpc) is 2.62. The van der Waals surface area contributed by atoms with Crippen molar-refractivity contribution in [1.82, 2.24) is 0 Å². The van der Waals surface area contributed by atoms with E-state index in [-0.39, 0.29) is 18.8 Å². The largest absolute Gasteiger partial charge is 0.478 e. The lowest BCUT2D eigenvalue weighted by Crippen LogP contribution is -2.39. The summed E-state index contributed by atoms with van der Waals surface area (Å²) in [6, 6.07) is 12.3. The van der Waals surface area contributed by atoms with Gasteiger partial charge in [0, 0.05) is 5.56 Å². The number of esters is 1. The number of ketones is 1. The van der Waals surface area contributed by atoms with Crippen molar-refractivity contribution >= 4 is 23.3 Å². The molecule has 0 fully saturated rings. The number of nitrogens with one attached hydrogen (secondary N) is 1. The lowest BCUT2D eigenvalue weighted by Gasteiger charge is -2.25. The molecule has 0 saturated heterocycles. The number of amides is 1. The maximum absolute atomic E-state index is 12.1. The number of anilines is 1. The van der Waals surface area contributed by atoms with Crippen molar-refractivity contribution in [2.45, 2.75) is 26.4 Å². The monoisotopic (exact) mass is 353 g/mol. The first kappa shape index (κ1) is 17.7. The molecule has 0 saturated carbocycles. The molecule has 0 unspecified atom stereocenters. The van der Waals surface area contributed by atoms with Crippen molar-refractivity contribution in [3.05, 3.63) is 59.2 Å². The summed E-state index contributed by atoms with van der Waals surface area (Å²) in [6.07, 6.45) is -1.24. The van der Waals surface area contributed by atoms with Crippen LogP contribution in [0.2, 0.25) is 0 Å². The number of carbonyl (C=O) groups excluding carboxylic acids is 3. The van der Waals surface area contributed by atoms with Gasteiger partial charge in [-0.2, -0.15) is 0 Å². The number of fused-ring (bicyclic) bond motifs is 1. The van der Waals surface area contributed by atoms with Crippen LogP contribution in [0.1, 0.15) is 27.9 Å². The summed E-state index contributed by atoms with van der Waals surface area (Å²) in [5.74, 6) is -0.875. The van der Waals surface area contributed by atoms with E-state index in [9.17, 15) is 14.4 Å². The van der Waals surface area contributed by atoms with E-state index in [1.54, 1.807) is 36.4 Å². The molecular weight excluding hydrogens is 334 g/mol. The lowest BCUT2D eigenvalue weighted by atomic mass is 10.0. The summed E-state index contributed by atoms with van der Waals surface area (Å²) in [4.78, 5) is 36.1. The van der Waals surface area contributed by atoms with Crippen LogP contribution in [0.3, 0.4) is 0 Å². The first-order valence-corrected chi connectivity index (χ1v) is 8.26. The van der Waals surface area contributed by atoms with E-state index < -0.39 is 18.0 Å². The highest BCUT2D eigenvalue weighted by Gasteiger charge is 2.30. The van der Waals surface area contributed by atoms with Gasteiger partial charge in [-0.3, -0.25) is 14.4 Å². The number of hydrogen-bond acceptors (Lipinski definition) is 5. The summed E-state index contributed by atoms with van der Waals surface area (Å²) in [7, 11) is 0. The molecule has 3 rings (SSSR count). The molecule has 0 aromatic heterocycles. The Bertz CT molecular complexity index is 874. The number of hydrogen-bond donors (Lipinski definition) is 1. The normalized spacial score (nSPS) is 15.5. The minimum atomic E-state index is -0.978. The van der Waals surface area contributed by atoms with Gasteiger partial charge in [-0.1, -0.05) is 24.3 Å². The van der Waals surface area contributed by atoms with Crippen molar-refractivity contribution in [3.8, 4) is 5.75 Å². The molecule has 0 radical (unpaired) electrons. The second kappa shape index (κ2) is 7.39. The van der Waals surface area contributed by atoms with Crippen LogP contribution in [-0.4, -0.2) is 30.4 Å². The molecule has 26 heavy (non-hydrogen) atoms. The first-order chi connectivity index (χ1) is 12.4. The maximum atomic E-state index is 12.1. The molecule has 1 N–H and O–H groups in total. The second-order valence-electron chi connectivity index (χ2n) is 6.18. The molecule has 134 valence electrons. The van der Waals surface area contributed by atoms with Gasteiger partial charge < -0.3 is 14.8 Å². The average molecular weight is 353 g/mol. The Kier molecular flexibility index (Phi) is 5.02. The third-order valence-corrected chi connectivity index (χ3v) is 4.25. The number of benzene rings is 2. The highest BCUT2D eigenvalue weighted by Crippen LogP contribution is 2.29. The van der Waals surface area contributed by atoms with Gasteiger partial charge in [0.2, 0.25) is 0 Å². The zero-order chi connectivity index (χ0) is 18.7. The van der Waals surface area contributed by atoms with E-state index in [4.69, 9.17) is 9.47 Å². The Morgan fingerprint density at radius 2 is 1.88 bits per heavy atom. The Morgan fingerprint density at radius 3 is 2.65 bits per heavy atom. The quantitative estimate of drug-likeness (QED) is 0.660. The molecule has 0 aliphatic carbocycles. The van der Waals surface area contributed by atoms with Crippen molar-refractivity contribution in [1.29, 1.82) is 0 Å². The van der Waals surface area contributed by atoms with Gasteiger partial charge in [-0.05, 0) is 43.2 Å². The topological polar surface area (TPSA) is 81.7 Å². The van der Waals surface area contributed by atoms with Gasteiger partial charge >= 0.3 is 5.97 Å². The molecule has 2 aromatic rings. The molecule has 6 nitrogen and oxygen atoms in total.